The van der Waals surface area contributed by atoms with E-state index in [1.807, 2.05) is 43.3 Å². The number of rotatable bonds is 6. The number of hydrogen-bond acceptors (Lipinski definition) is 5. The van der Waals surface area contributed by atoms with E-state index in [4.69, 9.17) is 4.74 Å². The zero-order valence-electron chi connectivity index (χ0n) is 17.3. The zero-order valence-corrected chi connectivity index (χ0v) is 19.7. The van der Waals surface area contributed by atoms with Crippen LogP contribution in [0, 0.1) is 0 Å². The molecule has 0 radical (unpaired) electrons. The second-order valence-corrected chi connectivity index (χ2v) is 9.18. The topological polar surface area (TPSA) is 54.3 Å². The Morgan fingerprint density at radius 2 is 1.97 bits per heavy atom. The number of carbonyl (C=O) groups is 1. The van der Waals surface area contributed by atoms with Crippen LogP contribution in [0.15, 0.2) is 75.3 Å². The minimum atomic E-state index is -0.135. The lowest BCUT2D eigenvalue weighted by Crippen LogP contribution is -2.31. The molecule has 0 N–H and O–H groups in total. The monoisotopic (exact) mass is 495 g/mol. The molecular weight excluding hydrogens is 474 g/mol. The lowest BCUT2D eigenvalue weighted by molar-refractivity contribution is -0.126. The molecule has 0 aliphatic carbocycles. The maximum absolute atomic E-state index is 13.0. The van der Waals surface area contributed by atoms with E-state index in [-0.39, 0.29) is 11.2 Å². The highest BCUT2D eigenvalue weighted by Crippen LogP contribution is 2.32. The second-order valence-electron chi connectivity index (χ2n) is 7.09. The van der Waals surface area contributed by atoms with Gasteiger partial charge in [0, 0.05) is 10.0 Å². The summed E-state index contributed by atoms with van der Waals surface area (Å²) in [6, 6.07) is 20.1. The zero-order chi connectivity index (χ0) is 21.8. The molecule has 3 aromatic rings. The Labute approximate surface area is 194 Å². The number of benzene rings is 3. The summed E-state index contributed by atoms with van der Waals surface area (Å²) >= 11 is 4.94. The van der Waals surface area contributed by atoms with Gasteiger partial charge in [0.2, 0.25) is 5.91 Å². The third-order valence-electron chi connectivity index (χ3n) is 5.13. The van der Waals surface area contributed by atoms with Crippen molar-refractivity contribution in [2.75, 3.05) is 7.11 Å². The summed E-state index contributed by atoms with van der Waals surface area (Å²) in [5.74, 6) is 0.788. The fraction of sp³-hybridized carbons (Fsp3) is 0.208. The summed E-state index contributed by atoms with van der Waals surface area (Å²) in [6.45, 7) is 2.49. The van der Waals surface area contributed by atoms with Gasteiger partial charge in [0.1, 0.15) is 5.75 Å². The first-order chi connectivity index (χ1) is 15.1. The van der Waals surface area contributed by atoms with Crippen LogP contribution in [0.25, 0.3) is 10.8 Å². The van der Waals surface area contributed by atoms with E-state index in [0.717, 1.165) is 32.8 Å². The fourth-order valence-electron chi connectivity index (χ4n) is 3.54. The minimum Gasteiger partial charge on any atom is -0.496 e. The first-order valence-electron chi connectivity index (χ1n) is 10.00. The van der Waals surface area contributed by atoms with E-state index < -0.39 is 0 Å². The number of nitrogens with zero attached hydrogens (tertiary/aromatic N) is 3. The molecule has 0 bridgehead atoms. The third-order valence-corrected chi connectivity index (χ3v) is 6.96. The van der Waals surface area contributed by atoms with E-state index in [0.29, 0.717) is 17.5 Å². The Morgan fingerprint density at radius 1 is 1.16 bits per heavy atom. The van der Waals surface area contributed by atoms with Crippen LogP contribution < -0.4 is 4.74 Å². The summed E-state index contributed by atoms with van der Waals surface area (Å²) in [4.78, 5) is 14.8. The van der Waals surface area contributed by atoms with Crippen LogP contribution in [0.1, 0.15) is 24.5 Å². The Kier molecular flexibility index (Phi) is 6.73. The predicted octanol–water partition coefficient (Wildman–Crippen LogP) is 5.86. The van der Waals surface area contributed by atoms with Crippen LogP contribution in [-0.4, -0.2) is 34.5 Å². The van der Waals surface area contributed by atoms with Crippen molar-refractivity contribution in [3.8, 4) is 5.75 Å². The average molecular weight is 496 g/mol. The van der Waals surface area contributed by atoms with E-state index in [2.05, 4.69) is 50.4 Å². The molecule has 1 heterocycles. The van der Waals surface area contributed by atoms with Crippen LogP contribution >= 0.6 is 27.7 Å². The lowest BCUT2D eigenvalue weighted by atomic mass is 10.0. The number of methoxy groups -OCH3 is 1. The number of amidine groups is 1. The summed E-state index contributed by atoms with van der Waals surface area (Å²) in [6.07, 6.45) is 2.40. The first kappa shape index (κ1) is 21.6. The molecule has 1 saturated heterocycles. The molecule has 5 nitrogen and oxygen atoms in total. The largest absolute Gasteiger partial charge is 0.496 e. The molecule has 1 fully saturated rings. The number of hydrogen-bond donors (Lipinski definition) is 0. The molecule has 7 heteroatoms. The quantitative estimate of drug-likeness (QED) is 0.318. The van der Waals surface area contributed by atoms with E-state index in [1.165, 1.54) is 11.8 Å². The molecule has 1 amide bonds. The van der Waals surface area contributed by atoms with Crippen LogP contribution in [0.4, 0.5) is 0 Å². The van der Waals surface area contributed by atoms with Gasteiger partial charge in [-0.25, -0.2) is 0 Å². The summed E-state index contributed by atoms with van der Waals surface area (Å²) in [5.41, 5.74) is 1.90. The third kappa shape index (κ3) is 4.67. The molecule has 3 aromatic carbocycles. The van der Waals surface area contributed by atoms with E-state index in [1.54, 1.807) is 18.2 Å². The lowest BCUT2D eigenvalue weighted by Gasteiger charge is -2.17. The first-order valence-corrected chi connectivity index (χ1v) is 11.7. The van der Waals surface area contributed by atoms with Gasteiger partial charge >= 0.3 is 0 Å². The molecule has 31 heavy (non-hydrogen) atoms. The van der Waals surface area contributed by atoms with Crippen molar-refractivity contribution in [3.63, 3.8) is 0 Å². The number of ether oxygens (including phenoxy) is 1. The molecule has 1 atom stereocenters. The van der Waals surface area contributed by atoms with Crippen molar-refractivity contribution in [2.24, 2.45) is 10.2 Å². The van der Waals surface area contributed by atoms with Crippen molar-refractivity contribution >= 4 is 55.8 Å². The van der Waals surface area contributed by atoms with Crippen molar-refractivity contribution in [1.29, 1.82) is 0 Å². The second kappa shape index (κ2) is 9.66. The van der Waals surface area contributed by atoms with Gasteiger partial charge < -0.3 is 4.74 Å². The molecule has 0 saturated carbocycles. The Morgan fingerprint density at radius 3 is 2.77 bits per heavy atom. The summed E-state index contributed by atoms with van der Waals surface area (Å²) in [7, 11) is 1.62. The van der Waals surface area contributed by atoms with Gasteiger partial charge in [-0.1, -0.05) is 77.1 Å². The number of fused-ring (bicyclic) bond motifs is 1. The van der Waals surface area contributed by atoms with Crippen molar-refractivity contribution in [1.82, 2.24) is 4.90 Å². The highest BCUT2D eigenvalue weighted by molar-refractivity contribution is 9.10. The molecule has 0 aromatic heterocycles. The number of thioether (sulfide) groups is 1. The molecule has 0 unspecified atom stereocenters. The van der Waals surface area contributed by atoms with E-state index >= 15 is 0 Å². The number of carbonyl (C=O) groups excluding carboxylic acids is 1. The van der Waals surface area contributed by atoms with Gasteiger partial charge in [0.25, 0.3) is 0 Å². The molecule has 1 aliphatic rings. The fourth-order valence-corrected chi connectivity index (χ4v) is 4.94. The molecule has 158 valence electrons. The smallest absolute Gasteiger partial charge is 0.242 e. The van der Waals surface area contributed by atoms with Gasteiger partial charge in [-0.15, -0.1) is 5.10 Å². The van der Waals surface area contributed by atoms with Crippen molar-refractivity contribution < 1.29 is 9.53 Å². The normalized spacial score (nSPS) is 17.9. The standard InChI is InChI=1S/C24H22BrN3O2S/c1-3-22-23(29)28(15-17-9-6-8-16-7-4-5-10-20(16)17)24(31-22)27-26-14-18-13-19(25)11-12-21(18)30-2/h4-14,22H,3,15H2,1-2H3/b26-14-,27-24+/t22-/m1/s1. The maximum atomic E-state index is 13.0. The van der Waals surface area contributed by atoms with Crippen LogP contribution in [-0.2, 0) is 11.3 Å². The summed E-state index contributed by atoms with van der Waals surface area (Å²) in [5, 5.41) is 11.5. The number of amides is 1. The SMILES string of the molecule is CC[C@H]1S/C(=N/N=C\c2cc(Br)ccc2OC)N(Cc2cccc3ccccc23)C1=O. The van der Waals surface area contributed by atoms with Crippen LogP contribution in [0.3, 0.4) is 0 Å². The molecular formula is C24H22BrN3O2S. The average Bonchev–Trinajstić information content (AvgIpc) is 3.09. The van der Waals surface area contributed by atoms with Crippen LogP contribution in [0.2, 0.25) is 0 Å². The Hall–Kier alpha value is -2.64. The molecule has 1 aliphatic heterocycles. The van der Waals surface area contributed by atoms with Crippen molar-refractivity contribution in [2.45, 2.75) is 25.1 Å². The van der Waals surface area contributed by atoms with Crippen molar-refractivity contribution in [3.05, 3.63) is 76.3 Å². The molecule has 0 spiro atoms. The van der Waals surface area contributed by atoms with Gasteiger partial charge in [0.15, 0.2) is 5.17 Å². The van der Waals surface area contributed by atoms with Crippen LogP contribution in [0.5, 0.6) is 5.75 Å². The Balaban J connectivity index is 1.64. The highest BCUT2D eigenvalue weighted by Gasteiger charge is 2.37. The van der Waals surface area contributed by atoms with Gasteiger partial charge in [-0.2, -0.15) is 5.10 Å². The molecule has 4 rings (SSSR count). The highest BCUT2D eigenvalue weighted by atomic mass is 79.9. The van der Waals surface area contributed by atoms with Gasteiger partial charge in [0.05, 0.1) is 25.1 Å². The van der Waals surface area contributed by atoms with Gasteiger partial charge in [-0.3, -0.25) is 9.69 Å². The summed E-state index contributed by atoms with van der Waals surface area (Å²) < 4.78 is 6.31. The maximum Gasteiger partial charge on any atom is 0.242 e. The predicted molar refractivity (Wildman–Crippen MR) is 132 cm³/mol. The van der Waals surface area contributed by atoms with Gasteiger partial charge in [-0.05, 0) is 41.0 Å². The Bertz CT molecular complexity index is 1170. The van der Waals surface area contributed by atoms with E-state index in [9.17, 15) is 4.79 Å². The number of halogens is 1. The minimum absolute atomic E-state index is 0.0782.